The fourth-order valence-corrected chi connectivity index (χ4v) is 1.32. The maximum absolute atomic E-state index is 11.0. The van der Waals surface area contributed by atoms with Gasteiger partial charge in [-0.3, -0.25) is 0 Å². The van der Waals surface area contributed by atoms with Crippen molar-refractivity contribution in [2.24, 2.45) is 0 Å². The van der Waals surface area contributed by atoms with Crippen LogP contribution in [-0.4, -0.2) is 19.7 Å². The van der Waals surface area contributed by atoms with Gasteiger partial charge in [-0.1, -0.05) is 0 Å². The van der Waals surface area contributed by atoms with Crippen molar-refractivity contribution in [2.45, 2.75) is 20.3 Å². The molecular weight excluding hydrogens is 212 g/mol. The number of hydrogen-bond donors (Lipinski definition) is 0. The molecule has 5 nitrogen and oxygen atoms in total. The fraction of sp³-hybridized carbons (Fsp3) is 0.714. The van der Waals surface area contributed by atoms with Crippen LogP contribution in [0.25, 0.3) is 0 Å². The van der Waals surface area contributed by atoms with E-state index in [2.05, 4.69) is 9.90 Å². The molecule has 0 aromatic rings. The van der Waals surface area contributed by atoms with Crippen LogP contribution < -0.4 is 0 Å². The van der Waals surface area contributed by atoms with Gasteiger partial charge in [0.15, 0.2) is 0 Å². The Morgan fingerprint density at radius 3 is 2.31 bits per heavy atom. The van der Waals surface area contributed by atoms with Gasteiger partial charge in [-0.2, -0.15) is 0 Å². The zero-order chi connectivity index (χ0) is 10.1. The van der Waals surface area contributed by atoms with E-state index in [1.54, 1.807) is 13.8 Å². The third-order valence-electron chi connectivity index (χ3n) is 0.978. The quantitative estimate of drug-likeness (QED) is 0.355. The van der Waals surface area contributed by atoms with Crippen molar-refractivity contribution in [1.29, 1.82) is 0 Å². The summed E-state index contributed by atoms with van der Waals surface area (Å²) in [6.45, 7) is 6.77. The van der Waals surface area contributed by atoms with E-state index in [9.17, 15) is 3.32 Å². The Balaban J connectivity index is 3.78. The molecule has 0 rings (SSSR count). The minimum atomic E-state index is -3.20. The molecule has 0 radical (unpaired) electrons. The van der Waals surface area contributed by atoms with Gasteiger partial charge in [0.1, 0.15) is 0 Å². The number of rotatable bonds is 8. The molecular formula is C7H14O5Ti. The Labute approximate surface area is 84.7 Å². The van der Waals surface area contributed by atoms with Crippen LogP contribution in [0.4, 0.5) is 0 Å². The Kier molecular flexibility index (Phi) is 8.49. The van der Waals surface area contributed by atoms with Crippen molar-refractivity contribution in [3.05, 3.63) is 12.8 Å². The molecule has 0 spiro atoms. The first-order valence-electron chi connectivity index (χ1n) is 3.95. The summed E-state index contributed by atoms with van der Waals surface area (Å²) in [7, 11) is 0. The standard InChI is InChI=1S/C5H11O3.C2H4O.O.Ti/c1-3-7-5(6)8-4-2;1-2-3;;/h5H,3-4H2,1-2H3;2-3H,1H2;;/q-1;;;+2/p-1. The maximum atomic E-state index is 11.0. The topological polar surface area (TPSA) is 54.0 Å². The molecule has 0 bridgehead atoms. The normalized spacial score (nSPS) is 10.1. The Morgan fingerprint density at radius 1 is 1.38 bits per heavy atom. The van der Waals surface area contributed by atoms with E-state index in [0.717, 1.165) is 6.26 Å². The molecule has 0 saturated carbocycles. The molecule has 0 aliphatic heterocycles. The molecule has 6 heteroatoms. The summed E-state index contributed by atoms with van der Waals surface area (Å²) < 4.78 is 30.3. The Hall–Kier alpha value is -0.0657. The predicted octanol–water partition coefficient (Wildman–Crippen LogP) is 1.31. The summed E-state index contributed by atoms with van der Waals surface area (Å²) >= 11 is -3.20. The first-order chi connectivity index (χ1) is 6.24. The van der Waals surface area contributed by atoms with Crippen LogP contribution in [0.2, 0.25) is 0 Å². The van der Waals surface area contributed by atoms with Crippen LogP contribution in [0.1, 0.15) is 13.8 Å². The first kappa shape index (κ1) is 12.9. The Morgan fingerprint density at radius 2 is 1.92 bits per heavy atom. The minimum absolute atomic E-state index is 0.421. The molecule has 0 amide bonds. The van der Waals surface area contributed by atoms with Gasteiger partial charge in [-0.25, -0.2) is 0 Å². The van der Waals surface area contributed by atoms with Crippen LogP contribution in [0.3, 0.4) is 0 Å². The van der Waals surface area contributed by atoms with Crippen LogP contribution >= 0.6 is 0 Å². The first-order valence-corrected chi connectivity index (χ1v) is 5.87. The molecule has 0 N–H and O–H groups in total. The monoisotopic (exact) mass is 226 g/mol. The van der Waals surface area contributed by atoms with Gasteiger partial charge in [0.2, 0.25) is 0 Å². The predicted molar refractivity (Wildman–Crippen MR) is 40.1 cm³/mol. The summed E-state index contributed by atoms with van der Waals surface area (Å²) in [6, 6.07) is 0. The average molecular weight is 226 g/mol. The molecule has 0 aliphatic rings. The molecule has 0 aromatic heterocycles. The van der Waals surface area contributed by atoms with E-state index >= 15 is 0 Å². The molecule has 0 unspecified atom stereocenters. The van der Waals surface area contributed by atoms with Gasteiger partial charge < -0.3 is 0 Å². The van der Waals surface area contributed by atoms with E-state index < -0.39 is 25.1 Å². The van der Waals surface area contributed by atoms with E-state index in [1.165, 1.54) is 0 Å². The van der Waals surface area contributed by atoms with Gasteiger partial charge in [-0.05, 0) is 0 Å². The van der Waals surface area contributed by atoms with Gasteiger partial charge in [0.25, 0.3) is 0 Å². The molecule has 0 saturated heterocycles. The van der Waals surface area contributed by atoms with Crippen molar-refractivity contribution in [2.75, 3.05) is 13.2 Å². The SMILES string of the molecule is C=C[O][Ti](=[O])[O]C(OCC)OCC. The van der Waals surface area contributed by atoms with Crippen LogP contribution in [0.15, 0.2) is 12.8 Å². The summed E-state index contributed by atoms with van der Waals surface area (Å²) in [5.74, 6) is 0. The fourth-order valence-electron chi connectivity index (χ4n) is 0.563. The second-order valence-electron chi connectivity index (χ2n) is 1.85. The molecule has 76 valence electrons. The number of ether oxygens (including phenoxy) is 2. The van der Waals surface area contributed by atoms with Crippen LogP contribution in [0, 0.1) is 0 Å². The van der Waals surface area contributed by atoms with Crippen LogP contribution in [0.5, 0.6) is 0 Å². The summed E-state index contributed by atoms with van der Waals surface area (Å²) in [6.07, 6.45) is 1.08. The second-order valence-corrected chi connectivity index (χ2v) is 3.37. The van der Waals surface area contributed by atoms with Gasteiger partial charge in [0, 0.05) is 0 Å². The number of hydrogen-bond acceptors (Lipinski definition) is 5. The van der Waals surface area contributed by atoms with Crippen molar-refractivity contribution in [1.82, 2.24) is 0 Å². The van der Waals surface area contributed by atoms with Crippen molar-refractivity contribution in [3.63, 3.8) is 0 Å². The van der Waals surface area contributed by atoms with Gasteiger partial charge >= 0.3 is 84.4 Å². The van der Waals surface area contributed by atoms with Gasteiger partial charge in [0.05, 0.1) is 0 Å². The second kappa shape index (κ2) is 8.53. The van der Waals surface area contributed by atoms with Gasteiger partial charge in [-0.15, -0.1) is 0 Å². The van der Waals surface area contributed by atoms with E-state index in [1.807, 2.05) is 0 Å². The summed E-state index contributed by atoms with van der Waals surface area (Å²) in [4.78, 5) is 0. The van der Waals surface area contributed by atoms with Crippen molar-refractivity contribution < 1.29 is 38.1 Å². The van der Waals surface area contributed by atoms with E-state index in [4.69, 9.17) is 12.8 Å². The van der Waals surface area contributed by atoms with Crippen molar-refractivity contribution in [3.8, 4) is 0 Å². The van der Waals surface area contributed by atoms with Crippen LogP contribution in [-0.2, 0) is 38.1 Å². The molecule has 13 heavy (non-hydrogen) atoms. The summed E-state index contributed by atoms with van der Waals surface area (Å²) in [5.41, 5.74) is 0. The molecule has 0 aliphatic carbocycles. The van der Waals surface area contributed by atoms with E-state index in [-0.39, 0.29) is 0 Å². The van der Waals surface area contributed by atoms with Crippen molar-refractivity contribution >= 4 is 0 Å². The Bertz CT molecular complexity index is 155. The average Bonchev–Trinajstić information content (AvgIpc) is 2.05. The molecule has 0 atom stereocenters. The zero-order valence-corrected chi connectivity index (χ0v) is 9.38. The third-order valence-corrected chi connectivity index (χ3v) is 2.14. The zero-order valence-electron chi connectivity index (χ0n) is 7.82. The summed E-state index contributed by atoms with van der Waals surface area (Å²) in [5, 5.41) is 0. The molecule has 0 aromatic carbocycles. The molecule has 0 heterocycles. The third kappa shape index (κ3) is 7.04. The van der Waals surface area contributed by atoms with E-state index in [0.29, 0.717) is 13.2 Å². The molecule has 0 fully saturated rings.